The van der Waals surface area contributed by atoms with Crippen LogP contribution in [0.4, 0.5) is 0 Å². The van der Waals surface area contributed by atoms with Gasteiger partial charge < -0.3 is 10.1 Å². The van der Waals surface area contributed by atoms with E-state index in [0.717, 1.165) is 6.42 Å². The maximum absolute atomic E-state index is 10.5. The third kappa shape index (κ3) is 0.816. The Morgan fingerprint density at radius 2 is 2.75 bits per heavy atom. The molecule has 0 aromatic rings. The number of hydrogen-bond donors (Lipinski definition) is 1. The number of nitrogens with one attached hydrogen (secondary N) is 1. The minimum atomic E-state index is -0.241. The monoisotopic (exact) mass is 114 g/mol. The number of ether oxygens (including phenoxy) is 1. The summed E-state index contributed by atoms with van der Waals surface area (Å²) in [6.07, 6.45) is 0.498. The highest BCUT2D eigenvalue weighted by Gasteiger charge is 2.22. The number of rotatable bonds is 1. The van der Waals surface area contributed by atoms with Gasteiger partial charge in [-0.3, -0.25) is 4.79 Å². The molecule has 3 nitrogen and oxygen atoms in total. The predicted molar refractivity (Wildman–Crippen MR) is 27.6 cm³/mol. The van der Waals surface area contributed by atoms with Crippen LogP contribution in [0.15, 0.2) is 0 Å². The number of hydrogen-bond acceptors (Lipinski definition) is 2. The van der Waals surface area contributed by atoms with Gasteiger partial charge in [0, 0.05) is 0 Å². The van der Waals surface area contributed by atoms with Gasteiger partial charge in [-0.25, -0.2) is 0 Å². The molecule has 45 valence electrons. The minimum absolute atomic E-state index is 0.0347. The van der Waals surface area contributed by atoms with Crippen molar-refractivity contribution in [3.8, 4) is 0 Å². The zero-order valence-corrected chi connectivity index (χ0v) is 4.68. The van der Waals surface area contributed by atoms with Crippen LogP contribution in [-0.2, 0) is 9.53 Å². The molecular formula is C5H8NO2. The molecule has 0 spiro atoms. The van der Waals surface area contributed by atoms with Gasteiger partial charge in [0.15, 0.2) is 6.73 Å². The van der Waals surface area contributed by atoms with Crippen LogP contribution in [0, 0.1) is 6.73 Å². The maximum atomic E-state index is 10.5. The summed E-state index contributed by atoms with van der Waals surface area (Å²) in [7, 11) is 0. The maximum Gasteiger partial charge on any atom is 0.251 e. The Balaban J connectivity index is 2.42. The normalized spacial score (nSPS) is 28.1. The lowest BCUT2D eigenvalue weighted by Crippen LogP contribution is -2.21. The quantitative estimate of drug-likeness (QED) is 0.522. The molecule has 0 aromatic heterocycles. The van der Waals surface area contributed by atoms with Crippen molar-refractivity contribution in [2.45, 2.75) is 19.4 Å². The molecule has 1 heterocycles. The van der Waals surface area contributed by atoms with Crippen molar-refractivity contribution in [3.63, 3.8) is 0 Å². The van der Waals surface area contributed by atoms with E-state index in [4.69, 9.17) is 4.74 Å². The molecule has 1 amide bonds. The van der Waals surface area contributed by atoms with Gasteiger partial charge >= 0.3 is 0 Å². The first-order valence-corrected chi connectivity index (χ1v) is 2.62. The van der Waals surface area contributed by atoms with E-state index >= 15 is 0 Å². The van der Waals surface area contributed by atoms with E-state index in [2.05, 4.69) is 5.32 Å². The highest BCUT2D eigenvalue weighted by Crippen LogP contribution is 2.04. The van der Waals surface area contributed by atoms with E-state index in [0.29, 0.717) is 0 Å². The van der Waals surface area contributed by atoms with Gasteiger partial charge in [-0.15, -0.1) is 0 Å². The van der Waals surface area contributed by atoms with Gasteiger partial charge in [0.05, 0.1) is 0 Å². The summed E-state index contributed by atoms with van der Waals surface area (Å²) in [5.41, 5.74) is 0. The average Bonchev–Trinajstić information content (AvgIpc) is 2.14. The second-order valence-corrected chi connectivity index (χ2v) is 1.66. The highest BCUT2D eigenvalue weighted by molar-refractivity contribution is 5.82. The van der Waals surface area contributed by atoms with Crippen molar-refractivity contribution < 1.29 is 9.53 Å². The molecule has 1 saturated heterocycles. The molecule has 1 N–H and O–H groups in total. The van der Waals surface area contributed by atoms with Crippen molar-refractivity contribution in [3.05, 3.63) is 6.73 Å². The smallest absolute Gasteiger partial charge is 0.251 e. The Bertz CT molecular complexity index is 103. The SMILES string of the molecule is CCC1O[CH]NC1=O. The average molecular weight is 114 g/mol. The Morgan fingerprint density at radius 1 is 2.00 bits per heavy atom. The van der Waals surface area contributed by atoms with Gasteiger partial charge in [-0.1, -0.05) is 6.92 Å². The summed E-state index contributed by atoms with van der Waals surface area (Å²) in [6, 6.07) is 0. The second kappa shape index (κ2) is 2.13. The van der Waals surface area contributed by atoms with Gasteiger partial charge in [-0.05, 0) is 6.42 Å². The Labute approximate surface area is 48.0 Å². The third-order valence-corrected chi connectivity index (χ3v) is 1.10. The van der Waals surface area contributed by atoms with Gasteiger partial charge in [0.25, 0.3) is 5.91 Å². The lowest BCUT2D eigenvalue weighted by molar-refractivity contribution is -0.123. The third-order valence-electron chi connectivity index (χ3n) is 1.10. The first-order valence-electron chi connectivity index (χ1n) is 2.62. The highest BCUT2D eigenvalue weighted by atomic mass is 16.5. The lowest BCUT2D eigenvalue weighted by Gasteiger charge is -1.97. The van der Waals surface area contributed by atoms with E-state index in [9.17, 15) is 4.79 Å². The zero-order chi connectivity index (χ0) is 5.98. The standard InChI is InChI=1S/C5H8NO2/c1-2-4-5(7)6-3-8-4/h3-4H,2H2,1H3,(H,6,7). The zero-order valence-electron chi connectivity index (χ0n) is 4.68. The largest absolute Gasteiger partial charge is 0.341 e. The van der Waals surface area contributed by atoms with Crippen LogP contribution in [0.5, 0.6) is 0 Å². The van der Waals surface area contributed by atoms with E-state index in [1.54, 1.807) is 0 Å². The molecule has 1 atom stereocenters. The molecule has 0 bridgehead atoms. The number of carbonyl (C=O) groups is 1. The molecule has 8 heavy (non-hydrogen) atoms. The summed E-state index contributed by atoms with van der Waals surface area (Å²) in [4.78, 5) is 10.5. The van der Waals surface area contributed by atoms with Crippen LogP contribution in [-0.4, -0.2) is 12.0 Å². The van der Waals surface area contributed by atoms with Crippen molar-refractivity contribution in [2.24, 2.45) is 0 Å². The molecule has 3 heteroatoms. The molecule has 1 aliphatic heterocycles. The Hall–Kier alpha value is -0.570. The second-order valence-electron chi connectivity index (χ2n) is 1.66. The molecular weight excluding hydrogens is 106 g/mol. The number of carbonyl (C=O) groups excluding carboxylic acids is 1. The van der Waals surface area contributed by atoms with Crippen molar-refractivity contribution in [1.29, 1.82) is 0 Å². The minimum Gasteiger partial charge on any atom is -0.341 e. The summed E-state index contributed by atoms with van der Waals surface area (Å²) >= 11 is 0. The van der Waals surface area contributed by atoms with Crippen LogP contribution in [0.2, 0.25) is 0 Å². The molecule has 1 unspecified atom stereocenters. The van der Waals surface area contributed by atoms with Crippen LogP contribution < -0.4 is 5.32 Å². The summed E-state index contributed by atoms with van der Waals surface area (Å²) in [5, 5.41) is 2.43. The summed E-state index contributed by atoms with van der Waals surface area (Å²) < 4.78 is 4.83. The van der Waals surface area contributed by atoms with Crippen LogP contribution in [0.25, 0.3) is 0 Å². The van der Waals surface area contributed by atoms with E-state index < -0.39 is 0 Å². The van der Waals surface area contributed by atoms with Crippen molar-refractivity contribution in [1.82, 2.24) is 5.32 Å². The van der Waals surface area contributed by atoms with E-state index in [1.165, 1.54) is 6.73 Å². The molecule has 1 radical (unpaired) electrons. The molecule has 0 aromatic carbocycles. The molecule has 0 saturated carbocycles. The van der Waals surface area contributed by atoms with Gasteiger partial charge in [0.1, 0.15) is 6.10 Å². The van der Waals surface area contributed by atoms with Gasteiger partial charge in [-0.2, -0.15) is 0 Å². The summed E-state index contributed by atoms with van der Waals surface area (Å²) in [5.74, 6) is -0.0347. The van der Waals surface area contributed by atoms with Crippen LogP contribution in [0.1, 0.15) is 13.3 Å². The van der Waals surface area contributed by atoms with Crippen molar-refractivity contribution >= 4 is 5.91 Å². The van der Waals surface area contributed by atoms with E-state index in [1.807, 2.05) is 6.92 Å². The molecule has 1 aliphatic rings. The van der Waals surface area contributed by atoms with Gasteiger partial charge in [0.2, 0.25) is 0 Å². The number of amides is 1. The Morgan fingerprint density at radius 3 is 3.00 bits per heavy atom. The fourth-order valence-electron chi connectivity index (χ4n) is 0.611. The molecule has 1 rings (SSSR count). The fourth-order valence-corrected chi connectivity index (χ4v) is 0.611. The lowest BCUT2D eigenvalue weighted by atomic mass is 10.3. The van der Waals surface area contributed by atoms with Crippen molar-refractivity contribution in [2.75, 3.05) is 0 Å². The van der Waals surface area contributed by atoms with E-state index in [-0.39, 0.29) is 12.0 Å². The first-order chi connectivity index (χ1) is 3.84. The fraction of sp³-hybridized carbons (Fsp3) is 0.600. The van der Waals surface area contributed by atoms with Crippen LogP contribution >= 0.6 is 0 Å². The topological polar surface area (TPSA) is 38.3 Å². The predicted octanol–water partition coefficient (Wildman–Crippen LogP) is 0.0307. The van der Waals surface area contributed by atoms with Crippen LogP contribution in [0.3, 0.4) is 0 Å². The molecule has 0 aliphatic carbocycles. The summed E-state index contributed by atoms with van der Waals surface area (Å²) in [6.45, 7) is 3.24. The first kappa shape index (κ1) is 5.56. The Kier molecular flexibility index (Phi) is 1.48. The molecule has 1 fully saturated rings.